The summed E-state index contributed by atoms with van der Waals surface area (Å²) >= 11 is 0. The number of nitrogens with zero attached hydrogens (tertiary/aromatic N) is 1. The SMILES string of the molecule is CN(C[C@@H]1CCNC1)C1CCCCC1. The molecule has 1 saturated heterocycles. The minimum Gasteiger partial charge on any atom is -0.316 e. The lowest BCUT2D eigenvalue weighted by atomic mass is 9.94. The first-order valence-corrected chi connectivity index (χ1v) is 6.27. The zero-order valence-corrected chi connectivity index (χ0v) is 9.47. The van der Waals surface area contributed by atoms with Gasteiger partial charge in [-0.2, -0.15) is 0 Å². The van der Waals surface area contributed by atoms with Gasteiger partial charge < -0.3 is 10.2 Å². The smallest absolute Gasteiger partial charge is 0.00923 e. The fourth-order valence-electron chi connectivity index (χ4n) is 2.95. The summed E-state index contributed by atoms with van der Waals surface area (Å²) in [5, 5.41) is 3.45. The van der Waals surface area contributed by atoms with Crippen LogP contribution in [-0.2, 0) is 0 Å². The van der Waals surface area contributed by atoms with E-state index in [4.69, 9.17) is 0 Å². The molecule has 0 spiro atoms. The lowest BCUT2D eigenvalue weighted by molar-refractivity contribution is 0.170. The van der Waals surface area contributed by atoms with Crippen LogP contribution >= 0.6 is 0 Å². The molecule has 14 heavy (non-hydrogen) atoms. The van der Waals surface area contributed by atoms with Gasteiger partial charge in [0.05, 0.1) is 0 Å². The third-order valence-corrected chi connectivity index (χ3v) is 3.91. The first kappa shape index (κ1) is 10.4. The Morgan fingerprint density at radius 1 is 1.14 bits per heavy atom. The summed E-state index contributed by atoms with van der Waals surface area (Å²) in [7, 11) is 2.33. The van der Waals surface area contributed by atoms with Crippen LogP contribution in [0.4, 0.5) is 0 Å². The minimum absolute atomic E-state index is 0.893. The highest BCUT2D eigenvalue weighted by atomic mass is 15.1. The van der Waals surface area contributed by atoms with Gasteiger partial charge in [0.2, 0.25) is 0 Å². The van der Waals surface area contributed by atoms with E-state index in [9.17, 15) is 0 Å². The fourth-order valence-corrected chi connectivity index (χ4v) is 2.95. The van der Waals surface area contributed by atoms with Crippen molar-refractivity contribution in [2.45, 2.75) is 44.6 Å². The maximum atomic E-state index is 3.45. The van der Waals surface area contributed by atoms with E-state index in [0.717, 1.165) is 12.0 Å². The summed E-state index contributed by atoms with van der Waals surface area (Å²) < 4.78 is 0. The van der Waals surface area contributed by atoms with Crippen LogP contribution in [0.2, 0.25) is 0 Å². The Morgan fingerprint density at radius 2 is 1.93 bits per heavy atom. The molecule has 0 aromatic rings. The molecule has 2 fully saturated rings. The second kappa shape index (κ2) is 5.13. The molecule has 1 aliphatic heterocycles. The molecule has 0 bridgehead atoms. The van der Waals surface area contributed by atoms with Crippen LogP contribution < -0.4 is 5.32 Å². The summed E-state index contributed by atoms with van der Waals surface area (Å²) in [6.07, 6.45) is 8.65. The van der Waals surface area contributed by atoms with Crippen LogP contribution in [0.3, 0.4) is 0 Å². The topological polar surface area (TPSA) is 15.3 Å². The fraction of sp³-hybridized carbons (Fsp3) is 1.00. The van der Waals surface area contributed by atoms with Crippen LogP contribution in [0.1, 0.15) is 38.5 Å². The van der Waals surface area contributed by atoms with Crippen LogP contribution in [0, 0.1) is 5.92 Å². The molecule has 1 atom stereocenters. The monoisotopic (exact) mass is 196 g/mol. The molecular weight excluding hydrogens is 172 g/mol. The predicted octanol–water partition coefficient (Wildman–Crippen LogP) is 1.86. The van der Waals surface area contributed by atoms with Gasteiger partial charge in [-0.1, -0.05) is 19.3 Å². The Hall–Kier alpha value is -0.0800. The zero-order valence-electron chi connectivity index (χ0n) is 9.47. The molecular formula is C12H24N2. The number of nitrogens with one attached hydrogen (secondary N) is 1. The Bertz CT molecular complexity index is 158. The van der Waals surface area contributed by atoms with Gasteiger partial charge in [-0.15, -0.1) is 0 Å². The molecule has 0 amide bonds. The van der Waals surface area contributed by atoms with E-state index in [-0.39, 0.29) is 0 Å². The molecule has 1 saturated carbocycles. The summed E-state index contributed by atoms with van der Waals surface area (Å²) in [4.78, 5) is 2.62. The molecule has 1 heterocycles. The molecule has 0 radical (unpaired) electrons. The quantitative estimate of drug-likeness (QED) is 0.741. The molecule has 0 aromatic carbocycles. The van der Waals surface area contributed by atoms with Crippen molar-refractivity contribution < 1.29 is 0 Å². The van der Waals surface area contributed by atoms with Gasteiger partial charge in [0, 0.05) is 12.6 Å². The van der Waals surface area contributed by atoms with Gasteiger partial charge in [0.15, 0.2) is 0 Å². The molecule has 1 aliphatic carbocycles. The van der Waals surface area contributed by atoms with Gasteiger partial charge in [-0.25, -0.2) is 0 Å². The normalized spacial score (nSPS) is 30.0. The van der Waals surface area contributed by atoms with Gasteiger partial charge in [0.25, 0.3) is 0 Å². The predicted molar refractivity (Wildman–Crippen MR) is 60.5 cm³/mol. The molecule has 1 N–H and O–H groups in total. The molecule has 2 heteroatoms. The van der Waals surface area contributed by atoms with E-state index in [1.165, 1.54) is 58.2 Å². The summed E-state index contributed by atoms with van der Waals surface area (Å²) in [5.74, 6) is 0.918. The van der Waals surface area contributed by atoms with Crippen molar-refractivity contribution >= 4 is 0 Å². The number of rotatable bonds is 3. The van der Waals surface area contributed by atoms with Gasteiger partial charge in [-0.3, -0.25) is 0 Å². The number of hydrogen-bond donors (Lipinski definition) is 1. The third-order valence-electron chi connectivity index (χ3n) is 3.91. The standard InChI is InChI=1S/C12H24N2/c1-14(10-11-7-8-13-9-11)12-5-3-2-4-6-12/h11-13H,2-10H2,1H3/t11-/m1/s1. The summed E-state index contributed by atoms with van der Waals surface area (Å²) in [5.41, 5.74) is 0. The lowest BCUT2D eigenvalue weighted by Gasteiger charge is -2.32. The average Bonchev–Trinajstić information content (AvgIpc) is 2.72. The van der Waals surface area contributed by atoms with Crippen molar-refractivity contribution in [3.63, 3.8) is 0 Å². The van der Waals surface area contributed by atoms with E-state index in [0.29, 0.717) is 0 Å². The van der Waals surface area contributed by atoms with Crippen LogP contribution in [0.5, 0.6) is 0 Å². The number of hydrogen-bond acceptors (Lipinski definition) is 2. The van der Waals surface area contributed by atoms with E-state index in [1.807, 2.05) is 0 Å². The Morgan fingerprint density at radius 3 is 2.57 bits per heavy atom. The second-order valence-corrected chi connectivity index (χ2v) is 5.09. The van der Waals surface area contributed by atoms with E-state index in [1.54, 1.807) is 0 Å². The second-order valence-electron chi connectivity index (χ2n) is 5.09. The van der Waals surface area contributed by atoms with Crippen molar-refractivity contribution in [3.05, 3.63) is 0 Å². The average molecular weight is 196 g/mol. The van der Waals surface area contributed by atoms with Gasteiger partial charge >= 0.3 is 0 Å². The van der Waals surface area contributed by atoms with Crippen LogP contribution in [-0.4, -0.2) is 37.6 Å². The van der Waals surface area contributed by atoms with E-state index >= 15 is 0 Å². The van der Waals surface area contributed by atoms with Crippen molar-refractivity contribution in [2.24, 2.45) is 5.92 Å². The highest BCUT2D eigenvalue weighted by molar-refractivity contribution is 4.79. The molecule has 0 unspecified atom stereocenters. The first-order chi connectivity index (χ1) is 6.86. The third kappa shape index (κ3) is 2.71. The molecule has 0 aromatic heterocycles. The maximum Gasteiger partial charge on any atom is 0.00923 e. The van der Waals surface area contributed by atoms with Gasteiger partial charge in [-0.05, 0) is 45.3 Å². The lowest BCUT2D eigenvalue weighted by Crippen LogP contribution is -2.37. The van der Waals surface area contributed by atoms with Crippen molar-refractivity contribution in [1.82, 2.24) is 10.2 Å². The Labute approximate surface area is 88.1 Å². The summed E-state index contributed by atoms with van der Waals surface area (Å²) in [6.45, 7) is 3.80. The van der Waals surface area contributed by atoms with E-state index < -0.39 is 0 Å². The van der Waals surface area contributed by atoms with Crippen LogP contribution in [0.15, 0.2) is 0 Å². The first-order valence-electron chi connectivity index (χ1n) is 6.27. The zero-order chi connectivity index (χ0) is 9.80. The molecule has 2 nitrogen and oxygen atoms in total. The minimum atomic E-state index is 0.893. The van der Waals surface area contributed by atoms with Crippen molar-refractivity contribution in [3.8, 4) is 0 Å². The van der Waals surface area contributed by atoms with E-state index in [2.05, 4.69) is 17.3 Å². The molecule has 2 aliphatic rings. The maximum absolute atomic E-state index is 3.45. The summed E-state index contributed by atoms with van der Waals surface area (Å²) in [6, 6.07) is 0.893. The largest absolute Gasteiger partial charge is 0.316 e. The van der Waals surface area contributed by atoms with Gasteiger partial charge in [0.1, 0.15) is 0 Å². The highest BCUT2D eigenvalue weighted by Gasteiger charge is 2.22. The Kier molecular flexibility index (Phi) is 3.82. The highest BCUT2D eigenvalue weighted by Crippen LogP contribution is 2.22. The van der Waals surface area contributed by atoms with Crippen LogP contribution in [0.25, 0.3) is 0 Å². The van der Waals surface area contributed by atoms with Crippen molar-refractivity contribution in [2.75, 3.05) is 26.7 Å². The van der Waals surface area contributed by atoms with Crippen molar-refractivity contribution in [1.29, 1.82) is 0 Å². The molecule has 82 valence electrons. The molecule has 2 rings (SSSR count). The Balaban J connectivity index is 1.72.